The lowest BCUT2D eigenvalue weighted by Crippen LogP contribution is -2.44. The molecular formula is C13H19NO3Si. The molecule has 1 rings (SSSR count). The van der Waals surface area contributed by atoms with E-state index < -0.39 is 8.80 Å². The van der Waals surface area contributed by atoms with Crippen LogP contribution in [0.15, 0.2) is 30.3 Å². The molecule has 0 amide bonds. The van der Waals surface area contributed by atoms with Crippen molar-refractivity contribution in [1.29, 1.82) is 5.26 Å². The summed E-state index contributed by atoms with van der Waals surface area (Å²) in [6, 6.07) is 12.7. The Morgan fingerprint density at radius 1 is 1.11 bits per heavy atom. The van der Waals surface area contributed by atoms with Gasteiger partial charge in [0.25, 0.3) is 0 Å². The summed E-state index contributed by atoms with van der Waals surface area (Å²) < 4.78 is 16.3. The zero-order valence-electron chi connectivity index (χ0n) is 11.1. The van der Waals surface area contributed by atoms with Crippen molar-refractivity contribution in [1.82, 2.24) is 0 Å². The van der Waals surface area contributed by atoms with Gasteiger partial charge in [-0.2, -0.15) is 5.26 Å². The first kappa shape index (κ1) is 14.9. The number of hydrogen-bond donors (Lipinski definition) is 0. The quantitative estimate of drug-likeness (QED) is 0.711. The molecule has 1 aromatic carbocycles. The van der Waals surface area contributed by atoms with Crippen molar-refractivity contribution in [3.8, 4) is 6.07 Å². The molecule has 0 saturated carbocycles. The fourth-order valence-corrected chi connectivity index (χ4v) is 3.93. The Hall–Kier alpha value is -1.19. The number of nitriles is 1. The van der Waals surface area contributed by atoms with Gasteiger partial charge in [0.1, 0.15) is 0 Å². The molecule has 98 valence electrons. The van der Waals surface area contributed by atoms with E-state index in [0.717, 1.165) is 5.56 Å². The van der Waals surface area contributed by atoms with Gasteiger partial charge in [-0.05, 0) is 5.56 Å². The maximum absolute atomic E-state index is 8.96. The van der Waals surface area contributed by atoms with Gasteiger partial charge in [0.05, 0.1) is 6.07 Å². The summed E-state index contributed by atoms with van der Waals surface area (Å²) in [6.07, 6.45) is 0.425. The van der Waals surface area contributed by atoms with Gasteiger partial charge in [0, 0.05) is 39.7 Å². The first-order chi connectivity index (χ1) is 8.71. The molecule has 4 nitrogen and oxygen atoms in total. The number of hydrogen-bond acceptors (Lipinski definition) is 4. The van der Waals surface area contributed by atoms with Crippen molar-refractivity contribution < 1.29 is 13.3 Å². The van der Waals surface area contributed by atoms with Gasteiger partial charge in [-0.25, -0.2) is 0 Å². The maximum atomic E-state index is 8.96. The standard InChI is InChI=1S/C13H19NO3Si/c1-15-18(16-2,17-3)11-13(9-10-14)12-7-5-4-6-8-12/h4-8,13H,9,11H2,1-3H3. The van der Waals surface area contributed by atoms with Crippen LogP contribution >= 0.6 is 0 Å². The highest BCUT2D eigenvalue weighted by Gasteiger charge is 2.40. The minimum Gasteiger partial charge on any atom is -0.377 e. The highest BCUT2D eigenvalue weighted by atomic mass is 28.4. The third kappa shape index (κ3) is 3.65. The molecule has 0 aliphatic heterocycles. The normalized spacial score (nSPS) is 13.0. The molecule has 0 radical (unpaired) electrons. The second kappa shape index (κ2) is 7.29. The van der Waals surface area contributed by atoms with Gasteiger partial charge in [-0.3, -0.25) is 0 Å². The Bertz CT molecular complexity index is 379. The van der Waals surface area contributed by atoms with Crippen LogP contribution in [0.2, 0.25) is 6.04 Å². The van der Waals surface area contributed by atoms with Crippen LogP contribution in [0.3, 0.4) is 0 Å². The van der Waals surface area contributed by atoms with E-state index in [2.05, 4.69) is 6.07 Å². The smallest absolute Gasteiger partial charge is 0.377 e. The van der Waals surface area contributed by atoms with Crippen LogP contribution in [0, 0.1) is 11.3 Å². The van der Waals surface area contributed by atoms with E-state index >= 15 is 0 Å². The van der Waals surface area contributed by atoms with Crippen LogP contribution in [0.4, 0.5) is 0 Å². The van der Waals surface area contributed by atoms with Crippen molar-refractivity contribution in [3.05, 3.63) is 35.9 Å². The van der Waals surface area contributed by atoms with E-state index in [0.29, 0.717) is 12.5 Å². The third-order valence-electron chi connectivity index (χ3n) is 3.04. The van der Waals surface area contributed by atoms with E-state index in [1.165, 1.54) is 0 Å². The predicted molar refractivity (Wildman–Crippen MR) is 71.0 cm³/mol. The minimum absolute atomic E-state index is 0.0720. The largest absolute Gasteiger partial charge is 0.500 e. The summed E-state index contributed by atoms with van der Waals surface area (Å²) in [5.74, 6) is 0.0720. The zero-order chi connectivity index (χ0) is 13.4. The van der Waals surface area contributed by atoms with Crippen molar-refractivity contribution >= 4 is 8.80 Å². The second-order valence-electron chi connectivity index (χ2n) is 3.97. The lowest BCUT2D eigenvalue weighted by molar-refractivity contribution is 0.121. The average Bonchev–Trinajstić information content (AvgIpc) is 2.45. The third-order valence-corrected chi connectivity index (χ3v) is 5.90. The van der Waals surface area contributed by atoms with Crippen LogP contribution in [0.5, 0.6) is 0 Å². The number of benzene rings is 1. The molecule has 1 atom stereocenters. The summed E-state index contributed by atoms with van der Waals surface area (Å²) in [4.78, 5) is 0. The SMILES string of the molecule is CO[Si](CC(CC#N)c1ccccc1)(OC)OC. The Kier molecular flexibility index (Phi) is 6.02. The molecular weight excluding hydrogens is 246 g/mol. The molecule has 0 heterocycles. The first-order valence-electron chi connectivity index (χ1n) is 5.78. The second-order valence-corrected chi connectivity index (χ2v) is 6.97. The molecule has 0 saturated heterocycles. The molecule has 0 fully saturated rings. The van der Waals surface area contributed by atoms with Gasteiger partial charge in [0.15, 0.2) is 0 Å². The summed E-state index contributed by atoms with van der Waals surface area (Å²) in [5.41, 5.74) is 1.11. The summed E-state index contributed by atoms with van der Waals surface area (Å²) in [6.45, 7) is 0. The molecule has 0 N–H and O–H groups in total. The van der Waals surface area contributed by atoms with E-state index in [-0.39, 0.29) is 5.92 Å². The topological polar surface area (TPSA) is 51.5 Å². The molecule has 1 aromatic rings. The molecule has 18 heavy (non-hydrogen) atoms. The van der Waals surface area contributed by atoms with Crippen LogP contribution in [0.25, 0.3) is 0 Å². The Balaban J connectivity index is 2.90. The van der Waals surface area contributed by atoms with Crippen molar-refractivity contribution in [2.45, 2.75) is 18.4 Å². The predicted octanol–water partition coefficient (Wildman–Crippen LogP) is 2.56. The van der Waals surface area contributed by atoms with Crippen molar-refractivity contribution in [3.63, 3.8) is 0 Å². The summed E-state index contributed by atoms with van der Waals surface area (Å²) in [5, 5.41) is 8.96. The average molecular weight is 265 g/mol. The van der Waals surface area contributed by atoms with Crippen molar-refractivity contribution in [2.24, 2.45) is 0 Å². The lowest BCUT2D eigenvalue weighted by atomic mass is 9.98. The van der Waals surface area contributed by atoms with E-state index in [1.54, 1.807) is 21.3 Å². The van der Waals surface area contributed by atoms with E-state index in [1.807, 2.05) is 30.3 Å². The number of rotatable bonds is 7. The van der Waals surface area contributed by atoms with Crippen LogP contribution in [-0.4, -0.2) is 30.1 Å². The first-order valence-corrected chi connectivity index (χ1v) is 7.72. The number of nitrogens with zero attached hydrogens (tertiary/aromatic N) is 1. The zero-order valence-corrected chi connectivity index (χ0v) is 12.1. The molecule has 1 unspecified atom stereocenters. The van der Waals surface area contributed by atoms with E-state index in [4.69, 9.17) is 18.5 Å². The summed E-state index contributed by atoms with van der Waals surface area (Å²) >= 11 is 0. The van der Waals surface area contributed by atoms with Gasteiger partial charge in [0.2, 0.25) is 0 Å². The molecule has 0 aromatic heterocycles. The minimum atomic E-state index is -2.65. The fourth-order valence-electron chi connectivity index (χ4n) is 1.95. The van der Waals surface area contributed by atoms with Gasteiger partial charge in [-0.1, -0.05) is 30.3 Å². The fraction of sp³-hybridized carbons (Fsp3) is 0.462. The van der Waals surface area contributed by atoms with Gasteiger partial charge < -0.3 is 13.3 Å². The molecule has 5 heteroatoms. The summed E-state index contributed by atoms with van der Waals surface area (Å²) in [7, 11) is 2.12. The van der Waals surface area contributed by atoms with Gasteiger partial charge in [-0.15, -0.1) is 0 Å². The van der Waals surface area contributed by atoms with Crippen molar-refractivity contribution in [2.75, 3.05) is 21.3 Å². The van der Waals surface area contributed by atoms with Crippen LogP contribution in [0.1, 0.15) is 17.9 Å². The Morgan fingerprint density at radius 3 is 2.11 bits per heavy atom. The van der Waals surface area contributed by atoms with Crippen LogP contribution in [-0.2, 0) is 13.3 Å². The highest BCUT2D eigenvalue weighted by molar-refractivity contribution is 6.60. The monoisotopic (exact) mass is 265 g/mol. The Morgan fingerprint density at radius 2 is 1.67 bits per heavy atom. The maximum Gasteiger partial charge on any atom is 0.500 e. The van der Waals surface area contributed by atoms with Gasteiger partial charge >= 0.3 is 8.80 Å². The molecule has 0 aliphatic carbocycles. The van der Waals surface area contributed by atoms with Crippen LogP contribution < -0.4 is 0 Å². The molecule has 0 aliphatic rings. The van der Waals surface area contributed by atoms with E-state index in [9.17, 15) is 0 Å². The molecule has 0 bridgehead atoms. The molecule has 0 spiro atoms. The Labute approximate surface area is 109 Å². The highest BCUT2D eigenvalue weighted by Crippen LogP contribution is 2.30. The lowest BCUT2D eigenvalue weighted by Gasteiger charge is -2.28.